The first kappa shape index (κ1) is 18.7. The van der Waals surface area contributed by atoms with Crippen LogP contribution in [0.3, 0.4) is 0 Å². The Labute approximate surface area is 168 Å². The average molecular weight is 398 g/mol. The molecule has 1 heterocycles. The van der Waals surface area contributed by atoms with E-state index in [1.165, 1.54) is 4.90 Å². The number of carbonyl (C=O) groups excluding carboxylic acids is 3. The van der Waals surface area contributed by atoms with E-state index in [-0.39, 0.29) is 23.7 Å². The first-order valence-electron chi connectivity index (χ1n) is 9.39. The van der Waals surface area contributed by atoms with Crippen LogP contribution in [0.5, 0.6) is 5.75 Å². The molecule has 2 fully saturated rings. The van der Waals surface area contributed by atoms with Gasteiger partial charge in [-0.25, -0.2) is 4.79 Å². The fourth-order valence-corrected chi connectivity index (χ4v) is 4.19. The predicted molar refractivity (Wildman–Crippen MR) is 105 cm³/mol. The number of anilines is 1. The highest BCUT2D eigenvalue weighted by atomic mass is 35.5. The number of nitrogens with zero attached hydrogens (tertiary/aromatic N) is 1. The van der Waals surface area contributed by atoms with Gasteiger partial charge in [0.15, 0.2) is 0 Å². The van der Waals surface area contributed by atoms with Crippen LogP contribution in [0, 0.1) is 17.8 Å². The van der Waals surface area contributed by atoms with Gasteiger partial charge in [-0.05, 0) is 73.7 Å². The minimum absolute atomic E-state index is 0.118. The number of halogens is 1. The molecule has 28 heavy (non-hydrogen) atoms. The van der Waals surface area contributed by atoms with Crippen LogP contribution in [0.1, 0.15) is 36.5 Å². The molecule has 2 aromatic carbocycles. The molecule has 1 aliphatic heterocycles. The molecule has 2 aromatic rings. The van der Waals surface area contributed by atoms with E-state index in [1.54, 1.807) is 48.5 Å². The second kappa shape index (κ2) is 7.40. The number of benzene rings is 2. The number of hydrogen-bond acceptors (Lipinski definition) is 4. The molecule has 1 saturated heterocycles. The summed E-state index contributed by atoms with van der Waals surface area (Å²) in [5.41, 5.74) is 0.903. The predicted octanol–water partition coefficient (Wildman–Crippen LogP) is 4.48. The Morgan fingerprint density at radius 1 is 0.964 bits per heavy atom. The van der Waals surface area contributed by atoms with Crippen LogP contribution in [0.25, 0.3) is 0 Å². The van der Waals surface area contributed by atoms with E-state index in [9.17, 15) is 14.4 Å². The third-order valence-electron chi connectivity index (χ3n) is 5.57. The Morgan fingerprint density at radius 2 is 1.61 bits per heavy atom. The summed E-state index contributed by atoms with van der Waals surface area (Å²) in [7, 11) is 0. The molecule has 0 radical (unpaired) electrons. The van der Waals surface area contributed by atoms with Crippen molar-refractivity contribution in [1.29, 1.82) is 0 Å². The van der Waals surface area contributed by atoms with Crippen molar-refractivity contribution in [2.24, 2.45) is 17.8 Å². The molecule has 2 aliphatic rings. The quantitative estimate of drug-likeness (QED) is 0.435. The van der Waals surface area contributed by atoms with E-state index >= 15 is 0 Å². The Balaban J connectivity index is 1.49. The molecule has 1 aliphatic carbocycles. The molecule has 0 N–H and O–H groups in total. The average Bonchev–Trinajstić information content (AvgIpc) is 2.93. The molecular weight excluding hydrogens is 378 g/mol. The summed E-state index contributed by atoms with van der Waals surface area (Å²) in [5.74, 6) is -0.343. The van der Waals surface area contributed by atoms with E-state index in [2.05, 4.69) is 6.92 Å². The van der Waals surface area contributed by atoms with Gasteiger partial charge in [-0.3, -0.25) is 14.5 Å². The summed E-state index contributed by atoms with van der Waals surface area (Å²) in [6, 6.07) is 12.9. The Bertz CT molecular complexity index is 923. The van der Waals surface area contributed by atoms with Crippen LogP contribution in [-0.4, -0.2) is 17.8 Å². The minimum atomic E-state index is -0.502. The maximum absolute atomic E-state index is 12.8. The standard InChI is InChI=1S/C22H20ClNO4/c1-13-2-11-18-19(12-13)21(26)24(20(18)25)16-7-9-17(10-8-16)28-22(27)14-3-5-15(23)6-4-14/h3-10,13,18-19H,2,11-12H2,1H3/t13-,18+,19-/m1/s1. The number of esters is 1. The van der Waals surface area contributed by atoms with Crippen molar-refractivity contribution in [3.63, 3.8) is 0 Å². The van der Waals surface area contributed by atoms with E-state index < -0.39 is 5.97 Å². The first-order valence-corrected chi connectivity index (χ1v) is 9.77. The van der Waals surface area contributed by atoms with Gasteiger partial charge in [0.25, 0.3) is 0 Å². The lowest BCUT2D eigenvalue weighted by Gasteiger charge is -2.25. The van der Waals surface area contributed by atoms with Crippen molar-refractivity contribution < 1.29 is 19.1 Å². The molecule has 0 aromatic heterocycles. The van der Waals surface area contributed by atoms with E-state index in [4.69, 9.17) is 16.3 Å². The molecule has 3 atom stereocenters. The Kier molecular flexibility index (Phi) is 4.94. The van der Waals surface area contributed by atoms with Gasteiger partial charge in [0.05, 0.1) is 23.1 Å². The van der Waals surface area contributed by atoms with Crippen LogP contribution >= 0.6 is 11.6 Å². The summed E-state index contributed by atoms with van der Waals surface area (Å²) >= 11 is 5.82. The minimum Gasteiger partial charge on any atom is -0.423 e. The van der Waals surface area contributed by atoms with Crippen molar-refractivity contribution in [3.8, 4) is 5.75 Å². The maximum atomic E-state index is 12.8. The van der Waals surface area contributed by atoms with Crippen molar-refractivity contribution in [3.05, 3.63) is 59.1 Å². The first-order chi connectivity index (χ1) is 13.4. The van der Waals surface area contributed by atoms with Gasteiger partial charge in [-0.2, -0.15) is 0 Å². The van der Waals surface area contributed by atoms with Gasteiger partial charge in [0.1, 0.15) is 5.75 Å². The van der Waals surface area contributed by atoms with Crippen LogP contribution in [0.2, 0.25) is 5.02 Å². The number of amides is 2. The molecule has 6 heteroatoms. The number of carbonyl (C=O) groups is 3. The third-order valence-corrected chi connectivity index (χ3v) is 5.83. The smallest absolute Gasteiger partial charge is 0.343 e. The normalized spacial score (nSPS) is 24.2. The molecular formula is C22H20ClNO4. The Morgan fingerprint density at radius 3 is 2.29 bits per heavy atom. The SMILES string of the molecule is C[C@@H]1CC[C@@H]2C(=O)N(c3ccc(OC(=O)c4ccc(Cl)cc4)cc3)C(=O)[C@@H]2C1. The monoisotopic (exact) mass is 397 g/mol. The van der Waals surface area contributed by atoms with E-state index in [0.29, 0.717) is 27.9 Å². The Hall–Kier alpha value is -2.66. The fourth-order valence-electron chi connectivity index (χ4n) is 4.06. The highest BCUT2D eigenvalue weighted by Crippen LogP contribution is 2.42. The molecule has 144 valence electrons. The molecule has 0 bridgehead atoms. The van der Waals surface area contributed by atoms with Gasteiger partial charge in [0, 0.05) is 5.02 Å². The molecule has 2 amide bonds. The molecule has 0 unspecified atom stereocenters. The zero-order valence-electron chi connectivity index (χ0n) is 15.4. The summed E-state index contributed by atoms with van der Waals surface area (Å²) in [5, 5.41) is 0.538. The topological polar surface area (TPSA) is 63.7 Å². The lowest BCUT2D eigenvalue weighted by atomic mass is 9.76. The molecule has 5 nitrogen and oxygen atoms in total. The second-order valence-electron chi connectivity index (χ2n) is 7.53. The molecule has 4 rings (SSSR count). The summed E-state index contributed by atoms with van der Waals surface area (Å²) in [6.45, 7) is 2.13. The van der Waals surface area contributed by atoms with Gasteiger partial charge in [-0.1, -0.05) is 18.5 Å². The lowest BCUT2D eigenvalue weighted by molar-refractivity contribution is -0.122. The van der Waals surface area contributed by atoms with E-state index in [1.807, 2.05) is 0 Å². The van der Waals surface area contributed by atoms with Crippen LogP contribution < -0.4 is 9.64 Å². The fraction of sp³-hybridized carbons (Fsp3) is 0.318. The van der Waals surface area contributed by atoms with Crippen LogP contribution in [-0.2, 0) is 9.59 Å². The van der Waals surface area contributed by atoms with Gasteiger partial charge in [0.2, 0.25) is 11.8 Å². The van der Waals surface area contributed by atoms with Crippen molar-refractivity contribution in [2.45, 2.75) is 26.2 Å². The van der Waals surface area contributed by atoms with Gasteiger partial charge in [-0.15, -0.1) is 0 Å². The number of imide groups is 1. The van der Waals surface area contributed by atoms with E-state index in [0.717, 1.165) is 19.3 Å². The molecule has 1 saturated carbocycles. The van der Waals surface area contributed by atoms with Crippen molar-refractivity contribution in [1.82, 2.24) is 0 Å². The highest BCUT2D eigenvalue weighted by Gasteiger charge is 2.49. The number of hydrogen-bond donors (Lipinski definition) is 0. The summed E-state index contributed by atoms with van der Waals surface area (Å²) in [6.07, 6.45) is 2.51. The zero-order valence-corrected chi connectivity index (χ0v) is 16.2. The molecule has 0 spiro atoms. The summed E-state index contributed by atoms with van der Waals surface area (Å²) in [4.78, 5) is 39.0. The number of rotatable bonds is 3. The number of fused-ring (bicyclic) bond motifs is 1. The lowest BCUT2D eigenvalue weighted by Crippen LogP contribution is -2.30. The van der Waals surface area contributed by atoms with Crippen LogP contribution in [0.15, 0.2) is 48.5 Å². The van der Waals surface area contributed by atoms with Gasteiger partial charge < -0.3 is 4.74 Å². The second-order valence-corrected chi connectivity index (χ2v) is 7.97. The largest absolute Gasteiger partial charge is 0.423 e. The van der Waals surface area contributed by atoms with Gasteiger partial charge >= 0.3 is 5.97 Å². The highest BCUT2D eigenvalue weighted by molar-refractivity contribution is 6.30. The maximum Gasteiger partial charge on any atom is 0.343 e. The number of ether oxygens (including phenoxy) is 1. The zero-order chi connectivity index (χ0) is 19.8. The summed E-state index contributed by atoms with van der Waals surface area (Å²) < 4.78 is 5.35. The third kappa shape index (κ3) is 3.42. The van der Waals surface area contributed by atoms with Crippen molar-refractivity contribution in [2.75, 3.05) is 4.90 Å². The van der Waals surface area contributed by atoms with Crippen LogP contribution in [0.4, 0.5) is 5.69 Å². The van der Waals surface area contributed by atoms with Crippen molar-refractivity contribution >= 4 is 35.1 Å².